The van der Waals surface area contributed by atoms with Crippen LogP contribution in [0.2, 0.25) is 0 Å². The van der Waals surface area contributed by atoms with E-state index in [9.17, 15) is 5.11 Å². The van der Waals surface area contributed by atoms with E-state index in [-0.39, 0.29) is 12.1 Å². The van der Waals surface area contributed by atoms with Gasteiger partial charge < -0.3 is 10.4 Å². The lowest BCUT2D eigenvalue weighted by atomic mass is 9.79. The molecule has 118 valence electrons. The second kappa shape index (κ2) is 7.21. The van der Waals surface area contributed by atoms with Crippen LogP contribution in [0.15, 0.2) is 0 Å². The number of aliphatic hydroxyl groups is 1. The van der Waals surface area contributed by atoms with Gasteiger partial charge in [-0.25, -0.2) is 0 Å². The fourth-order valence-electron chi connectivity index (χ4n) is 4.23. The van der Waals surface area contributed by atoms with Gasteiger partial charge in [0.2, 0.25) is 0 Å². The van der Waals surface area contributed by atoms with E-state index >= 15 is 0 Å². The molecule has 1 saturated carbocycles. The average Bonchev–Trinajstić information content (AvgIpc) is 2.98. The summed E-state index contributed by atoms with van der Waals surface area (Å²) in [5, 5.41) is 13.1. The van der Waals surface area contributed by atoms with E-state index in [0.29, 0.717) is 6.04 Å². The number of aliphatic hydroxyl groups excluding tert-OH is 1. The molecular formula is C16H33N3O. The summed E-state index contributed by atoms with van der Waals surface area (Å²) in [6.45, 7) is 9.59. The zero-order chi connectivity index (χ0) is 14.6. The van der Waals surface area contributed by atoms with Crippen LogP contribution in [0.25, 0.3) is 0 Å². The highest BCUT2D eigenvalue weighted by Gasteiger charge is 2.39. The Morgan fingerprint density at radius 2 is 2.05 bits per heavy atom. The molecule has 0 aromatic carbocycles. The Bertz CT molecular complexity index is 289. The van der Waals surface area contributed by atoms with Crippen molar-refractivity contribution >= 4 is 0 Å². The van der Waals surface area contributed by atoms with Gasteiger partial charge >= 0.3 is 0 Å². The molecule has 0 radical (unpaired) electrons. The van der Waals surface area contributed by atoms with Crippen molar-refractivity contribution in [2.24, 2.45) is 0 Å². The van der Waals surface area contributed by atoms with Crippen LogP contribution in [0.4, 0.5) is 0 Å². The predicted octanol–water partition coefficient (Wildman–Crippen LogP) is 1.30. The lowest BCUT2D eigenvalue weighted by Gasteiger charge is -2.43. The van der Waals surface area contributed by atoms with Crippen LogP contribution in [-0.2, 0) is 0 Å². The molecule has 20 heavy (non-hydrogen) atoms. The smallest absolute Gasteiger partial charge is 0.0613 e. The first-order chi connectivity index (χ1) is 9.68. The van der Waals surface area contributed by atoms with Crippen LogP contribution in [0, 0.1) is 0 Å². The second-order valence-electron chi connectivity index (χ2n) is 6.60. The molecular weight excluding hydrogens is 250 g/mol. The van der Waals surface area contributed by atoms with Gasteiger partial charge in [-0.1, -0.05) is 13.8 Å². The molecule has 4 nitrogen and oxygen atoms in total. The maximum absolute atomic E-state index is 9.73. The van der Waals surface area contributed by atoms with Gasteiger partial charge in [0.05, 0.1) is 6.61 Å². The summed E-state index contributed by atoms with van der Waals surface area (Å²) in [5.41, 5.74) is -0.0315. The lowest BCUT2D eigenvalue weighted by Crippen LogP contribution is -2.54. The summed E-state index contributed by atoms with van der Waals surface area (Å²) in [7, 11) is 2.00. The topological polar surface area (TPSA) is 38.7 Å². The summed E-state index contributed by atoms with van der Waals surface area (Å²) in [6, 6.07) is 1.40. The highest BCUT2D eigenvalue weighted by atomic mass is 16.3. The SMILES string of the molecule is CCN(CC)C1CCN(C2CCCC(CO)(NC)C2)C1. The highest BCUT2D eigenvalue weighted by Crippen LogP contribution is 2.33. The number of likely N-dealkylation sites (N-methyl/N-ethyl adjacent to an activating group) is 2. The molecule has 0 spiro atoms. The van der Waals surface area contributed by atoms with Crippen molar-refractivity contribution in [3.8, 4) is 0 Å². The molecule has 2 rings (SSSR count). The van der Waals surface area contributed by atoms with E-state index in [2.05, 4.69) is 29.0 Å². The Balaban J connectivity index is 1.92. The molecule has 2 fully saturated rings. The first-order valence-corrected chi connectivity index (χ1v) is 8.46. The van der Waals surface area contributed by atoms with Crippen molar-refractivity contribution in [2.45, 2.75) is 63.6 Å². The number of hydrogen-bond donors (Lipinski definition) is 2. The Hall–Kier alpha value is -0.160. The van der Waals surface area contributed by atoms with Gasteiger partial charge in [-0.3, -0.25) is 9.80 Å². The van der Waals surface area contributed by atoms with Crippen molar-refractivity contribution in [1.82, 2.24) is 15.1 Å². The second-order valence-corrected chi connectivity index (χ2v) is 6.60. The summed E-state index contributed by atoms with van der Waals surface area (Å²) < 4.78 is 0. The van der Waals surface area contributed by atoms with E-state index < -0.39 is 0 Å². The minimum Gasteiger partial charge on any atom is -0.394 e. The summed E-state index contributed by atoms with van der Waals surface area (Å²) in [4.78, 5) is 5.28. The van der Waals surface area contributed by atoms with E-state index in [1.165, 1.54) is 32.4 Å². The fourth-order valence-corrected chi connectivity index (χ4v) is 4.23. The van der Waals surface area contributed by atoms with Gasteiger partial charge in [0.1, 0.15) is 0 Å². The van der Waals surface area contributed by atoms with E-state index in [0.717, 1.165) is 32.0 Å². The Labute approximate surface area is 124 Å². The lowest BCUT2D eigenvalue weighted by molar-refractivity contribution is 0.0701. The van der Waals surface area contributed by atoms with Crippen LogP contribution in [-0.4, -0.2) is 72.4 Å². The van der Waals surface area contributed by atoms with Gasteiger partial charge in [0.25, 0.3) is 0 Å². The minimum atomic E-state index is -0.0315. The number of nitrogens with one attached hydrogen (secondary N) is 1. The summed E-state index contributed by atoms with van der Waals surface area (Å²) >= 11 is 0. The van der Waals surface area contributed by atoms with Crippen LogP contribution < -0.4 is 5.32 Å². The van der Waals surface area contributed by atoms with E-state index in [1.807, 2.05) is 7.05 Å². The van der Waals surface area contributed by atoms with Gasteiger partial charge in [-0.2, -0.15) is 0 Å². The molecule has 0 aromatic heterocycles. The molecule has 2 aliphatic rings. The zero-order valence-electron chi connectivity index (χ0n) is 13.6. The van der Waals surface area contributed by atoms with Gasteiger partial charge in [0.15, 0.2) is 0 Å². The molecule has 3 atom stereocenters. The quantitative estimate of drug-likeness (QED) is 0.771. The van der Waals surface area contributed by atoms with Crippen LogP contribution in [0.5, 0.6) is 0 Å². The third kappa shape index (κ3) is 3.35. The van der Waals surface area contributed by atoms with Crippen LogP contribution >= 0.6 is 0 Å². The largest absolute Gasteiger partial charge is 0.394 e. The zero-order valence-corrected chi connectivity index (χ0v) is 13.6. The molecule has 2 N–H and O–H groups in total. The molecule has 1 aliphatic carbocycles. The average molecular weight is 283 g/mol. The van der Waals surface area contributed by atoms with Crippen molar-refractivity contribution < 1.29 is 5.11 Å². The van der Waals surface area contributed by atoms with Crippen LogP contribution in [0.1, 0.15) is 46.0 Å². The van der Waals surface area contributed by atoms with Crippen LogP contribution in [0.3, 0.4) is 0 Å². The van der Waals surface area contributed by atoms with Crippen molar-refractivity contribution in [1.29, 1.82) is 0 Å². The first kappa shape index (κ1) is 16.2. The van der Waals surface area contributed by atoms with Crippen molar-refractivity contribution in [3.63, 3.8) is 0 Å². The number of likely N-dealkylation sites (tertiary alicyclic amines) is 1. The van der Waals surface area contributed by atoms with Gasteiger partial charge in [-0.05, 0) is 52.2 Å². The predicted molar refractivity (Wildman–Crippen MR) is 84.0 cm³/mol. The molecule has 0 bridgehead atoms. The van der Waals surface area contributed by atoms with Gasteiger partial charge in [0, 0.05) is 30.7 Å². The number of hydrogen-bond acceptors (Lipinski definition) is 4. The maximum Gasteiger partial charge on any atom is 0.0613 e. The maximum atomic E-state index is 9.73. The summed E-state index contributed by atoms with van der Waals surface area (Å²) in [5.74, 6) is 0. The number of nitrogens with zero attached hydrogens (tertiary/aromatic N) is 2. The monoisotopic (exact) mass is 283 g/mol. The normalized spacial score (nSPS) is 35.9. The van der Waals surface area contributed by atoms with Crippen molar-refractivity contribution in [3.05, 3.63) is 0 Å². The molecule has 1 aliphatic heterocycles. The molecule has 4 heteroatoms. The first-order valence-electron chi connectivity index (χ1n) is 8.46. The Kier molecular flexibility index (Phi) is 5.84. The molecule has 1 saturated heterocycles. The fraction of sp³-hybridized carbons (Fsp3) is 1.00. The molecule has 1 heterocycles. The molecule has 0 aromatic rings. The van der Waals surface area contributed by atoms with Crippen molar-refractivity contribution in [2.75, 3.05) is 39.8 Å². The van der Waals surface area contributed by atoms with E-state index in [1.54, 1.807) is 0 Å². The third-order valence-electron chi connectivity index (χ3n) is 5.69. The standard InChI is InChI=1S/C16H33N3O/c1-4-18(5-2)15-8-10-19(12-15)14-7-6-9-16(11-14,13-20)17-3/h14-15,17,20H,4-13H2,1-3H3. The minimum absolute atomic E-state index is 0.0315. The Morgan fingerprint density at radius 1 is 1.30 bits per heavy atom. The third-order valence-corrected chi connectivity index (χ3v) is 5.69. The van der Waals surface area contributed by atoms with Gasteiger partial charge in [-0.15, -0.1) is 0 Å². The Morgan fingerprint density at radius 3 is 2.65 bits per heavy atom. The highest BCUT2D eigenvalue weighted by molar-refractivity contribution is 4.97. The molecule has 0 amide bonds. The molecule has 3 unspecified atom stereocenters. The summed E-state index contributed by atoms with van der Waals surface area (Å²) in [6.07, 6.45) is 6.06. The number of rotatable bonds is 6. The van der Waals surface area contributed by atoms with E-state index in [4.69, 9.17) is 0 Å².